The van der Waals surface area contributed by atoms with Gasteiger partial charge in [-0.25, -0.2) is 4.39 Å². The molecular formula is C14H17BrFN3. The molecule has 2 rings (SSSR count). The molecule has 0 radical (unpaired) electrons. The lowest BCUT2D eigenvalue weighted by Gasteiger charge is -2.12. The Morgan fingerprint density at radius 2 is 2.26 bits per heavy atom. The highest BCUT2D eigenvalue weighted by Crippen LogP contribution is 2.17. The van der Waals surface area contributed by atoms with Gasteiger partial charge in [-0.15, -0.1) is 0 Å². The minimum absolute atomic E-state index is 0.138. The third-order valence-electron chi connectivity index (χ3n) is 3.08. The number of nitrogens with zero attached hydrogens (tertiary/aromatic N) is 2. The van der Waals surface area contributed by atoms with Crippen molar-refractivity contribution in [1.29, 1.82) is 0 Å². The van der Waals surface area contributed by atoms with Gasteiger partial charge in [0.15, 0.2) is 0 Å². The summed E-state index contributed by atoms with van der Waals surface area (Å²) in [5, 5.41) is 7.54. The van der Waals surface area contributed by atoms with Crippen LogP contribution < -0.4 is 5.32 Å². The van der Waals surface area contributed by atoms with Crippen LogP contribution in [0.1, 0.15) is 31.0 Å². The molecule has 5 heteroatoms. The largest absolute Gasteiger partial charge is 0.306 e. The van der Waals surface area contributed by atoms with E-state index in [0.29, 0.717) is 12.1 Å². The van der Waals surface area contributed by atoms with E-state index < -0.39 is 0 Å². The molecule has 1 aromatic carbocycles. The van der Waals surface area contributed by atoms with E-state index >= 15 is 0 Å². The third-order valence-corrected chi connectivity index (χ3v) is 3.58. The zero-order valence-corrected chi connectivity index (χ0v) is 12.6. The first-order valence-electron chi connectivity index (χ1n) is 6.29. The van der Waals surface area contributed by atoms with Crippen LogP contribution in [0.3, 0.4) is 0 Å². The SMILES string of the molecule is CCn1cc(C(C)NCc2cc(Br)ccc2F)cn1. The molecule has 0 fully saturated rings. The van der Waals surface area contributed by atoms with E-state index in [0.717, 1.165) is 16.6 Å². The highest BCUT2D eigenvalue weighted by atomic mass is 79.9. The number of nitrogens with one attached hydrogen (secondary N) is 1. The van der Waals surface area contributed by atoms with Crippen LogP contribution in [0.4, 0.5) is 4.39 Å². The molecule has 0 bridgehead atoms. The number of aryl methyl sites for hydroxylation is 1. The zero-order chi connectivity index (χ0) is 13.8. The molecule has 1 atom stereocenters. The lowest BCUT2D eigenvalue weighted by atomic mass is 10.1. The summed E-state index contributed by atoms with van der Waals surface area (Å²) >= 11 is 3.35. The van der Waals surface area contributed by atoms with Crippen molar-refractivity contribution in [2.75, 3.05) is 0 Å². The lowest BCUT2D eigenvalue weighted by molar-refractivity contribution is 0.543. The summed E-state index contributed by atoms with van der Waals surface area (Å²) in [6, 6.07) is 5.11. The molecule has 0 spiro atoms. The third kappa shape index (κ3) is 3.64. The van der Waals surface area contributed by atoms with Crippen molar-refractivity contribution in [2.45, 2.75) is 33.0 Å². The van der Waals surface area contributed by atoms with Gasteiger partial charge in [-0.1, -0.05) is 15.9 Å². The van der Waals surface area contributed by atoms with Crippen molar-refractivity contribution in [2.24, 2.45) is 0 Å². The van der Waals surface area contributed by atoms with E-state index in [4.69, 9.17) is 0 Å². The van der Waals surface area contributed by atoms with Gasteiger partial charge in [-0.05, 0) is 32.0 Å². The summed E-state index contributed by atoms with van der Waals surface area (Å²) in [5.41, 5.74) is 1.77. The molecule has 19 heavy (non-hydrogen) atoms. The van der Waals surface area contributed by atoms with Gasteiger partial charge in [-0.3, -0.25) is 4.68 Å². The number of rotatable bonds is 5. The van der Waals surface area contributed by atoms with E-state index in [-0.39, 0.29) is 11.9 Å². The van der Waals surface area contributed by atoms with Gasteiger partial charge in [0, 0.05) is 40.9 Å². The first-order chi connectivity index (χ1) is 9.10. The quantitative estimate of drug-likeness (QED) is 0.909. The molecule has 3 nitrogen and oxygen atoms in total. The fourth-order valence-electron chi connectivity index (χ4n) is 1.84. The van der Waals surface area contributed by atoms with Crippen molar-refractivity contribution in [3.8, 4) is 0 Å². The van der Waals surface area contributed by atoms with Gasteiger partial charge in [0.05, 0.1) is 6.20 Å². The van der Waals surface area contributed by atoms with Gasteiger partial charge in [0.2, 0.25) is 0 Å². The van der Waals surface area contributed by atoms with Crippen LogP contribution in [0, 0.1) is 5.82 Å². The number of benzene rings is 1. The first kappa shape index (κ1) is 14.2. The van der Waals surface area contributed by atoms with Crippen molar-refractivity contribution in [1.82, 2.24) is 15.1 Å². The molecule has 0 aliphatic rings. The summed E-state index contributed by atoms with van der Waals surface area (Å²) in [6.45, 7) is 5.44. The molecule has 1 aromatic heterocycles. The second-order valence-corrected chi connectivity index (χ2v) is 5.38. The predicted molar refractivity (Wildman–Crippen MR) is 77.3 cm³/mol. The van der Waals surface area contributed by atoms with Gasteiger partial charge in [0.25, 0.3) is 0 Å². The van der Waals surface area contributed by atoms with Gasteiger partial charge >= 0.3 is 0 Å². The van der Waals surface area contributed by atoms with E-state index in [1.165, 1.54) is 6.07 Å². The molecule has 0 saturated carbocycles. The fourth-order valence-corrected chi connectivity index (χ4v) is 2.24. The Hall–Kier alpha value is -1.20. The summed E-state index contributed by atoms with van der Waals surface area (Å²) in [7, 11) is 0. The minimum atomic E-state index is -0.188. The highest BCUT2D eigenvalue weighted by molar-refractivity contribution is 9.10. The molecule has 1 unspecified atom stereocenters. The van der Waals surface area contributed by atoms with Crippen LogP contribution in [0.25, 0.3) is 0 Å². The maximum atomic E-state index is 13.6. The highest BCUT2D eigenvalue weighted by Gasteiger charge is 2.09. The van der Waals surface area contributed by atoms with Crippen LogP contribution in [-0.2, 0) is 13.1 Å². The van der Waals surface area contributed by atoms with Gasteiger partial charge in [-0.2, -0.15) is 5.10 Å². The minimum Gasteiger partial charge on any atom is -0.306 e. The van der Waals surface area contributed by atoms with Crippen LogP contribution in [0.5, 0.6) is 0 Å². The van der Waals surface area contributed by atoms with Crippen LogP contribution in [0.15, 0.2) is 35.1 Å². The topological polar surface area (TPSA) is 29.9 Å². The maximum absolute atomic E-state index is 13.6. The van der Waals surface area contributed by atoms with Crippen molar-refractivity contribution in [3.63, 3.8) is 0 Å². The second kappa shape index (κ2) is 6.30. The summed E-state index contributed by atoms with van der Waals surface area (Å²) < 4.78 is 16.4. The van der Waals surface area contributed by atoms with Gasteiger partial charge in [0.1, 0.15) is 5.82 Å². The summed E-state index contributed by atoms with van der Waals surface area (Å²) in [5.74, 6) is -0.188. The Balaban J connectivity index is 1.99. The molecule has 0 aliphatic heterocycles. The first-order valence-corrected chi connectivity index (χ1v) is 7.09. The molecular weight excluding hydrogens is 309 g/mol. The molecule has 102 valence electrons. The van der Waals surface area contributed by atoms with Gasteiger partial charge < -0.3 is 5.32 Å². The lowest BCUT2D eigenvalue weighted by Crippen LogP contribution is -2.18. The molecule has 1 heterocycles. The summed E-state index contributed by atoms with van der Waals surface area (Å²) in [6.07, 6.45) is 3.85. The molecule has 1 N–H and O–H groups in total. The summed E-state index contributed by atoms with van der Waals surface area (Å²) in [4.78, 5) is 0. The van der Waals surface area contributed by atoms with Crippen LogP contribution in [-0.4, -0.2) is 9.78 Å². The fraction of sp³-hybridized carbons (Fsp3) is 0.357. The van der Waals surface area contributed by atoms with Crippen molar-refractivity contribution < 1.29 is 4.39 Å². The standard InChI is InChI=1S/C14H17BrFN3/c1-3-19-9-12(8-18-19)10(2)17-7-11-6-13(15)4-5-14(11)16/h4-6,8-10,17H,3,7H2,1-2H3. The predicted octanol–water partition coefficient (Wildman–Crippen LogP) is 3.66. The Kier molecular flexibility index (Phi) is 4.71. The average molecular weight is 326 g/mol. The Labute approximate surface area is 121 Å². The van der Waals surface area contributed by atoms with E-state index in [1.807, 2.05) is 30.9 Å². The van der Waals surface area contributed by atoms with E-state index in [2.05, 4.69) is 26.3 Å². The number of halogens is 2. The van der Waals surface area contributed by atoms with E-state index in [9.17, 15) is 4.39 Å². The smallest absolute Gasteiger partial charge is 0.127 e. The Morgan fingerprint density at radius 3 is 2.95 bits per heavy atom. The zero-order valence-electron chi connectivity index (χ0n) is 11.0. The molecule has 2 aromatic rings. The van der Waals surface area contributed by atoms with Crippen molar-refractivity contribution >= 4 is 15.9 Å². The molecule has 0 amide bonds. The number of hydrogen-bond donors (Lipinski definition) is 1. The Morgan fingerprint density at radius 1 is 1.47 bits per heavy atom. The molecule has 0 saturated heterocycles. The van der Waals surface area contributed by atoms with E-state index in [1.54, 1.807) is 12.1 Å². The number of hydrogen-bond acceptors (Lipinski definition) is 2. The second-order valence-electron chi connectivity index (χ2n) is 4.47. The Bertz CT molecular complexity index is 553. The maximum Gasteiger partial charge on any atom is 0.127 e. The van der Waals surface area contributed by atoms with Crippen LogP contribution in [0.2, 0.25) is 0 Å². The normalized spacial score (nSPS) is 12.6. The van der Waals surface area contributed by atoms with Crippen LogP contribution >= 0.6 is 15.9 Å². The monoisotopic (exact) mass is 325 g/mol. The van der Waals surface area contributed by atoms with Crippen molar-refractivity contribution in [3.05, 3.63) is 52.0 Å². The average Bonchev–Trinajstić information content (AvgIpc) is 2.88. The number of aromatic nitrogens is 2. The molecule has 0 aliphatic carbocycles.